The van der Waals surface area contributed by atoms with Gasteiger partial charge in [0, 0.05) is 16.3 Å². The van der Waals surface area contributed by atoms with Crippen LogP contribution >= 0.6 is 27.3 Å². The highest BCUT2D eigenvalue weighted by Crippen LogP contribution is 2.31. The number of hydrogen-bond acceptors (Lipinski definition) is 3. The average Bonchev–Trinajstić information content (AvgIpc) is 3.09. The van der Waals surface area contributed by atoms with Crippen LogP contribution in [0.15, 0.2) is 82.3 Å². The van der Waals surface area contributed by atoms with Gasteiger partial charge in [0.05, 0.1) is 15.9 Å². The summed E-state index contributed by atoms with van der Waals surface area (Å²) in [6, 6.07) is 22.7. The number of aryl methyl sites for hydroxylation is 1. The minimum absolute atomic E-state index is 0.926. The summed E-state index contributed by atoms with van der Waals surface area (Å²) in [5, 5.41) is 1.04. The van der Waals surface area contributed by atoms with Gasteiger partial charge in [0.1, 0.15) is 5.01 Å². The Bertz CT molecular complexity index is 1140. The van der Waals surface area contributed by atoms with Crippen LogP contribution in [0, 0.1) is 6.92 Å². The van der Waals surface area contributed by atoms with Crippen molar-refractivity contribution >= 4 is 55.5 Å². The first kappa shape index (κ1) is 17.8. The van der Waals surface area contributed by atoms with Crippen molar-refractivity contribution in [1.82, 2.24) is 4.98 Å². The molecule has 0 fully saturated rings. The lowest BCUT2D eigenvalue weighted by molar-refractivity contribution is 1.45. The first-order valence-electron chi connectivity index (χ1n) is 8.61. The Hall–Kier alpha value is -2.56. The van der Waals surface area contributed by atoms with Gasteiger partial charge in [-0.2, -0.15) is 0 Å². The molecule has 0 aliphatic rings. The van der Waals surface area contributed by atoms with E-state index in [0.29, 0.717) is 0 Å². The molecule has 2 nitrogen and oxygen atoms in total. The second-order valence-electron chi connectivity index (χ2n) is 6.23. The number of hydrogen-bond donors (Lipinski definition) is 0. The molecular weight excluding hydrogens is 416 g/mol. The molecule has 0 saturated carbocycles. The molecule has 0 unspecified atom stereocenters. The standard InChI is InChI=1S/C23H17BrN2S/c1-16-7-12-21-22(14-16)27-23(26-21)18-8-10-20(11-9-18)25-13-3-5-17-4-2-6-19(24)15-17/h2-15H,1H3. The summed E-state index contributed by atoms with van der Waals surface area (Å²) in [7, 11) is 0. The van der Waals surface area contributed by atoms with Gasteiger partial charge in [0.2, 0.25) is 0 Å². The smallest absolute Gasteiger partial charge is 0.124 e. The lowest BCUT2D eigenvalue weighted by Crippen LogP contribution is -1.76. The monoisotopic (exact) mass is 432 g/mol. The van der Waals surface area contributed by atoms with Crippen LogP contribution in [0.3, 0.4) is 0 Å². The van der Waals surface area contributed by atoms with Crippen molar-refractivity contribution < 1.29 is 0 Å². The molecule has 0 bridgehead atoms. The van der Waals surface area contributed by atoms with Crippen LogP contribution in [-0.2, 0) is 0 Å². The van der Waals surface area contributed by atoms with Crippen molar-refractivity contribution in [1.29, 1.82) is 0 Å². The molecule has 4 heteroatoms. The second-order valence-corrected chi connectivity index (χ2v) is 8.18. The van der Waals surface area contributed by atoms with E-state index in [1.54, 1.807) is 11.3 Å². The third-order valence-electron chi connectivity index (χ3n) is 4.11. The largest absolute Gasteiger partial charge is 0.257 e. The minimum Gasteiger partial charge on any atom is -0.257 e. The maximum Gasteiger partial charge on any atom is 0.124 e. The van der Waals surface area contributed by atoms with Gasteiger partial charge in [-0.15, -0.1) is 11.3 Å². The van der Waals surface area contributed by atoms with Gasteiger partial charge in [-0.25, -0.2) is 4.98 Å². The van der Waals surface area contributed by atoms with E-state index in [1.807, 2.05) is 42.6 Å². The van der Waals surface area contributed by atoms with Crippen molar-refractivity contribution in [3.63, 3.8) is 0 Å². The fourth-order valence-corrected chi connectivity index (χ4v) is 4.23. The zero-order valence-corrected chi connectivity index (χ0v) is 17.2. The van der Waals surface area contributed by atoms with Gasteiger partial charge in [-0.3, -0.25) is 4.99 Å². The summed E-state index contributed by atoms with van der Waals surface area (Å²) in [6.45, 7) is 2.11. The van der Waals surface area contributed by atoms with Crippen LogP contribution in [0.25, 0.3) is 26.9 Å². The summed E-state index contributed by atoms with van der Waals surface area (Å²) in [5.74, 6) is 0. The average molecular weight is 433 g/mol. The molecule has 27 heavy (non-hydrogen) atoms. The molecule has 0 atom stereocenters. The maximum atomic E-state index is 4.73. The Morgan fingerprint density at radius 1 is 1.00 bits per heavy atom. The number of fused-ring (bicyclic) bond motifs is 1. The van der Waals surface area contributed by atoms with Crippen molar-refractivity contribution in [3.8, 4) is 10.6 Å². The normalized spacial score (nSPS) is 11.8. The van der Waals surface area contributed by atoms with E-state index >= 15 is 0 Å². The zero-order chi connectivity index (χ0) is 18.6. The highest BCUT2D eigenvalue weighted by Gasteiger charge is 2.06. The predicted molar refractivity (Wildman–Crippen MR) is 121 cm³/mol. The molecule has 0 amide bonds. The maximum absolute atomic E-state index is 4.73. The third-order valence-corrected chi connectivity index (χ3v) is 5.67. The Balaban J connectivity index is 1.48. The lowest BCUT2D eigenvalue weighted by Gasteiger charge is -1.97. The van der Waals surface area contributed by atoms with Gasteiger partial charge in [0.15, 0.2) is 0 Å². The number of rotatable bonds is 4. The number of thiazole rings is 1. The molecule has 3 aromatic carbocycles. The number of halogens is 1. The van der Waals surface area contributed by atoms with Crippen molar-refractivity contribution in [2.24, 2.45) is 4.99 Å². The van der Waals surface area contributed by atoms with Crippen LogP contribution in [-0.4, -0.2) is 11.2 Å². The number of allylic oxidation sites excluding steroid dienone is 1. The number of benzene rings is 3. The molecule has 0 radical (unpaired) electrons. The predicted octanol–water partition coefficient (Wildman–Crippen LogP) is 7.45. The summed E-state index contributed by atoms with van der Waals surface area (Å²) in [4.78, 5) is 9.23. The first-order valence-corrected chi connectivity index (χ1v) is 10.2. The first-order chi connectivity index (χ1) is 13.2. The van der Waals surface area contributed by atoms with Crippen LogP contribution in [0.4, 0.5) is 5.69 Å². The molecule has 4 rings (SSSR count). The SMILES string of the molecule is Cc1ccc2nc(-c3ccc(N=CC=Cc4cccc(Br)c4)cc3)sc2c1. The van der Waals surface area contributed by atoms with E-state index in [4.69, 9.17) is 4.98 Å². The van der Waals surface area contributed by atoms with Crippen LogP contribution in [0.1, 0.15) is 11.1 Å². The molecule has 1 aromatic heterocycles. The Morgan fingerprint density at radius 3 is 2.67 bits per heavy atom. The van der Waals surface area contributed by atoms with Crippen LogP contribution in [0.2, 0.25) is 0 Å². The molecule has 132 valence electrons. The Labute approximate surface area is 171 Å². The zero-order valence-electron chi connectivity index (χ0n) is 14.8. The molecule has 4 aromatic rings. The van der Waals surface area contributed by atoms with Gasteiger partial charge in [0.25, 0.3) is 0 Å². The second kappa shape index (κ2) is 7.99. The van der Waals surface area contributed by atoms with Crippen molar-refractivity contribution in [3.05, 3.63) is 88.4 Å². The number of aliphatic imine (C=N–C) groups is 1. The van der Waals surface area contributed by atoms with E-state index in [0.717, 1.165) is 31.8 Å². The minimum atomic E-state index is 0.926. The van der Waals surface area contributed by atoms with Gasteiger partial charge in [-0.05, 0) is 72.7 Å². The number of nitrogens with zero attached hydrogens (tertiary/aromatic N) is 2. The van der Waals surface area contributed by atoms with E-state index < -0.39 is 0 Å². The topological polar surface area (TPSA) is 25.2 Å². The number of aromatic nitrogens is 1. The molecule has 0 saturated heterocycles. The molecule has 0 N–H and O–H groups in total. The molecule has 1 heterocycles. The summed E-state index contributed by atoms with van der Waals surface area (Å²) in [5.41, 5.74) is 5.50. The summed E-state index contributed by atoms with van der Waals surface area (Å²) < 4.78 is 2.30. The van der Waals surface area contributed by atoms with Gasteiger partial charge < -0.3 is 0 Å². The Kier molecular flexibility index (Phi) is 5.28. The quantitative estimate of drug-likeness (QED) is 0.307. The van der Waals surface area contributed by atoms with E-state index in [1.165, 1.54) is 10.3 Å². The molecular formula is C23H17BrN2S. The highest BCUT2D eigenvalue weighted by molar-refractivity contribution is 9.10. The molecule has 0 spiro atoms. The van der Waals surface area contributed by atoms with Crippen molar-refractivity contribution in [2.45, 2.75) is 6.92 Å². The van der Waals surface area contributed by atoms with Crippen molar-refractivity contribution in [2.75, 3.05) is 0 Å². The van der Waals surface area contributed by atoms with E-state index in [2.05, 4.69) is 70.3 Å². The summed E-state index contributed by atoms with van der Waals surface area (Å²) in [6.07, 6.45) is 5.80. The van der Waals surface area contributed by atoms with Gasteiger partial charge >= 0.3 is 0 Å². The Morgan fingerprint density at radius 2 is 1.85 bits per heavy atom. The van der Waals surface area contributed by atoms with Gasteiger partial charge in [-0.1, -0.05) is 40.2 Å². The molecule has 0 aliphatic carbocycles. The highest BCUT2D eigenvalue weighted by atomic mass is 79.9. The van der Waals surface area contributed by atoms with Crippen LogP contribution < -0.4 is 0 Å². The fraction of sp³-hybridized carbons (Fsp3) is 0.0435. The van der Waals surface area contributed by atoms with E-state index in [-0.39, 0.29) is 0 Å². The fourth-order valence-electron chi connectivity index (χ4n) is 2.74. The molecule has 0 aliphatic heterocycles. The van der Waals surface area contributed by atoms with E-state index in [9.17, 15) is 0 Å². The lowest BCUT2D eigenvalue weighted by atomic mass is 10.2. The third kappa shape index (κ3) is 4.41. The van der Waals surface area contributed by atoms with Crippen LogP contribution in [0.5, 0.6) is 0 Å². The summed E-state index contributed by atoms with van der Waals surface area (Å²) >= 11 is 5.20.